The minimum Gasteiger partial charge on any atom is -0.306 e. The highest BCUT2D eigenvalue weighted by molar-refractivity contribution is 5.42. The lowest BCUT2D eigenvalue weighted by Gasteiger charge is -2.15. The molecule has 1 aromatic heterocycles. The van der Waals surface area contributed by atoms with Crippen molar-refractivity contribution in [2.75, 3.05) is 0 Å². The zero-order chi connectivity index (χ0) is 22.0. The predicted molar refractivity (Wildman–Crippen MR) is 125 cm³/mol. The maximum absolute atomic E-state index is 9.09. The molecule has 2 aromatic carbocycles. The first kappa shape index (κ1) is 21.1. The van der Waals surface area contributed by atoms with Crippen LogP contribution in [0.1, 0.15) is 65.7 Å². The van der Waals surface area contributed by atoms with Gasteiger partial charge in [-0.15, -0.1) is 0 Å². The normalized spacial score (nSPS) is 17.9. The van der Waals surface area contributed by atoms with Crippen molar-refractivity contribution in [3.63, 3.8) is 0 Å². The summed E-state index contributed by atoms with van der Waals surface area (Å²) in [6, 6.07) is 19.1. The topological polar surface area (TPSA) is 53.6 Å². The van der Waals surface area contributed by atoms with Crippen LogP contribution in [0.25, 0.3) is 5.69 Å². The average Bonchev–Trinajstić information content (AvgIpc) is 3.36. The van der Waals surface area contributed by atoms with Crippen LogP contribution in [0.2, 0.25) is 0 Å². The van der Waals surface area contributed by atoms with E-state index in [9.17, 15) is 0 Å². The van der Waals surface area contributed by atoms with Gasteiger partial charge in [0.2, 0.25) is 0 Å². The van der Waals surface area contributed by atoms with Crippen molar-refractivity contribution in [1.82, 2.24) is 15.1 Å². The van der Waals surface area contributed by atoms with Crippen molar-refractivity contribution in [2.24, 2.45) is 0 Å². The van der Waals surface area contributed by atoms with E-state index in [1.807, 2.05) is 18.2 Å². The van der Waals surface area contributed by atoms with Gasteiger partial charge in [0.15, 0.2) is 0 Å². The van der Waals surface area contributed by atoms with E-state index in [4.69, 9.17) is 10.4 Å². The predicted octanol–water partition coefficient (Wildman–Crippen LogP) is 5.69. The first-order valence-electron chi connectivity index (χ1n) is 11.0. The van der Waals surface area contributed by atoms with E-state index in [1.165, 1.54) is 16.8 Å². The summed E-state index contributed by atoms with van der Waals surface area (Å²) in [6.45, 7) is 9.48. The van der Waals surface area contributed by atoms with E-state index in [1.54, 1.807) is 0 Å². The molecule has 0 unspecified atom stereocenters. The van der Waals surface area contributed by atoms with Crippen LogP contribution in [-0.2, 0) is 6.54 Å². The monoisotopic (exact) mass is 410 g/mol. The van der Waals surface area contributed by atoms with Crippen molar-refractivity contribution in [1.29, 1.82) is 5.26 Å². The molecule has 0 fully saturated rings. The molecule has 3 aromatic rings. The molecule has 0 aliphatic heterocycles. The Morgan fingerprint density at radius 3 is 2.61 bits per heavy atom. The molecule has 4 rings (SSSR count). The zero-order valence-electron chi connectivity index (χ0n) is 18.8. The van der Waals surface area contributed by atoms with E-state index < -0.39 is 0 Å². The zero-order valence-corrected chi connectivity index (χ0v) is 18.8. The van der Waals surface area contributed by atoms with Gasteiger partial charge < -0.3 is 5.32 Å². The van der Waals surface area contributed by atoms with Gasteiger partial charge in [0.05, 0.1) is 23.0 Å². The fourth-order valence-corrected chi connectivity index (χ4v) is 4.51. The number of nitriles is 1. The van der Waals surface area contributed by atoms with Gasteiger partial charge in [-0.25, -0.2) is 4.68 Å². The third kappa shape index (κ3) is 4.47. The lowest BCUT2D eigenvalue weighted by atomic mass is 9.95. The maximum Gasteiger partial charge on any atom is 0.0991 e. The van der Waals surface area contributed by atoms with E-state index in [2.05, 4.69) is 86.2 Å². The number of nitrogens with one attached hydrogen (secondary N) is 1. The van der Waals surface area contributed by atoms with Gasteiger partial charge in [-0.2, -0.15) is 10.4 Å². The minimum absolute atomic E-state index is 0.322. The van der Waals surface area contributed by atoms with E-state index in [-0.39, 0.29) is 0 Å². The number of aryl methyl sites for hydroxylation is 1. The number of benzene rings is 2. The number of nitrogens with zero attached hydrogens (tertiary/aromatic N) is 3. The third-order valence-electron chi connectivity index (χ3n) is 6.23. The van der Waals surface area contributed by atoms with Crippen LogP contribution in [0.4, 0.5) is 0 Å². The Bertz CT molecular complexity index is 1130. The molecule has 31 heavy (non-hydrogen) atoms. The summed E-state index contributed by atoms with van der Waals surface area (Å²) >= 11 is 0. The highest BCUT2D eigenvalue weighted by Crippen LogP contribution is 2.34. The molecular weight excluding hydrogens is 380 g/mol. The van der Waals surface area contributed by atoms with Crippen LogP contribution in [0.5, 0.6) is 0 Å². The van der Waals surface area contributed by atoms with Crippen LogP contribution in [-0.4, -0.2) is 15.8 Å². The molecule has 158 valence electrons. The van der Waals surface area contributed by atoms with Crippen molar-refractivity contribution >= 4 is 0 Å². The maximum atomic E-state index is 9.09. The number of rotatable bonds is 6. The van der Waals surface area contributed by atoms with Gasteiger partial charge in [-0.1, -0.05) is 50.3 Å². The second kappa shape index (κ2) is 8.91. The molecule has 0 bridgehead atoms. The smallest absolute Gasteiger partial charge is 0.0991 e. The van der Waals surface area contributed by atoms with Gasteiger partial charge in [0, 0.05) is 29.8 Å². The summed E-state index contributed by atoms with van der Waals surface area (Å²) in [7, 11) is 0. The Balaban J connectivity index is 1.46. The van der Waals surface area contributed by atoms with Crippen LogP contribution < -0.4 is 5.32 Å². The van der Waals surface area contributed by atoms with Crippen molar-refractivity contribution < 1.29 is 0 Å². The molecule has 4 nitrogen and oxygen atoms in total. The molecule has 4 heteroatoms. The Kier molecular flexibility index (Phi) is 6.06. The Hall–Kier alpha value is -3.16. The molecule has 1 heterocycles. The van der Waals surface area contributed by atoms with Crippen LogP contribution in [0.15, 0.2) is 60.7 Å². The fourth-order valence-electron chi connectivity index (χ4n) is 4.51. The van der Waals surface area contributed by atoms with Crippen molar-refractivity contribution in [3.05, 3.63) is 94.3 Å². The largest absolute Gasteiger partial charge is 0.306 e. The number of allylic oxidation sites excluding steroid dienone is 1. The lowest BCUT2D eigenvalue weighted by Crippen LogP contribution is -2.25. The van der Waals surface area contributed by atoms with E-state index in [0.717, 1.165) is 29.9 Å². The summed E-state index contributed by atoms with van der Waals surface area (Å²) in [5.41, 5.74) is 7.96. The first-order chi connectivity index (χ1) is 15.0. The third-order valence-corrected chi connectivity index (χ3v) is 6.23. The molecule has 2 atom stereocenters. The molecular formula is C27H30N4. The first-order valence-corrected chi connectivity index (χ1v) is 11.0. The summed E-state index contributed by atoms with van der Waals surface area (Å²) in [5.74, 6) is 0.895. The van der Waals surface area contributed by atoms with Crippen LogP contribution in [0, 0.1) is 25.2 Å². The summed E-state index contributed by atoms with van der Waals surface area (Å²) < 4.78 is 2.08. The van der Waals surface area contributed by atoms with Gasteiger partial charge in [0.1, 0.15) is 0 Å². The summed E-state index contributed by atoms with van der Waals surface area (Å²) in [6.07, 6.45) is 5.61. The lowest BCUT2D eigenvalue weighted by molar-refractivity contribution is 0.559. The SMILES string of the molecule is Cc1nn(-c2ccc(C(C)C)cc2)c(C)c1[C@H]1C=C[C@@H](NCc2cccc(C#N)c2)C1. The fraction of sp³-hybridized carbons (Fsp3) is 0.333. The van der Waals surface area contributed by atoms with Crippen molar-refractivity contribution in [2.45, 2.75) is 58.5 Å². The molecule has 0 saturated heterocycles. The molecule has 1 N–H and O–H groups in total. The van der Waals surface area contributed by atoms with Gasteiger partial charge in [0.25, 0.3) is 0 Å². The summed E-state index contributed by atoms with van der Waals surface area (Å²) in [4.78, 5) is 0. The second-order valence-corrected chi connectivity index (χ2v) is 8.77. The van der Waals surface area contributed by atoms with E-state index >= 15 is 0 Å². The van der Waals surface area contributed by atoms with Gasteiger partial charge in [-0.3, -0.25) is 0 Å². The van der Waals surface area contributed by atoms with Crippen molar-refractivity contribution in [3.8, 4) is 11.8 Å². The average molecular weight is 411 g/mol. The van der Waals surface area contributed by atoms with Crippen LogP contribution >= 0.6 is 0 Å². The Morgan fingerprint density at radius 2 is 1.90 bits per heavy atom. The Labute approximate surface area is 185 Å². The quantitative estimate of drug-likeness (QED) is 0.532. The van der Waals surface area contributed by atoms with Gasteiger partial charge in [-0.05, 0) is 61.6 Å². The molecule has 0 spiro atoms. The summed E-state index contributed by atoms with van der Waals surface area (Å²) in [5, 5.41) is 17.6. The standard InChI is InChI=1S/C27H30N4/c1-18(2)23-9-12-26(13-10-23)31-20(4)27(19(3)30-31)24-8-11-25(15-24)29-17-22-7-5-6-21(14-22)16-28/h5-14,18,24-25,29H,15,17H2,1-4H3/t24-,25+/m0/s1. The molecule has 0 amide bonds. The molecule has 0 saturated carbocycles. The second-order valence-electron chi connectivity index (χ2n) is 8.77. The minimum atomic E-state index is 0.322. The van der Waals surface area contributed by atoms with E-state index in [0.29, 0.717) is 23.4 Å². The van der Waals surface area contributed by atoms with Crippen LogP contribution in [0.3, 0.4) is 0 Å². The van der Waals surface area contributed by atoms with Gasteiger partial charge >= 0.3 is 0 Å². The molecule has 1 aliphatic rings. The number of hydrogen-bond acceptors (Lipinski definition) is 3. The molecule has 1 aliphatic carbocycles. The highest BCUT2D eigenvalue weighted by Gasteiger charge is 2.26. The molecule has 0 radical (unpaired) electrons. The Morgan fingerprint density at radius 1 is 1.13 bits per heavy atom. The highest BCUT2D eigenvalue weighted by atomic mass is 15.3. The number of hydrogen-bond donors (Lipinski definition) is 1. The number of aromatic nitrogens is 2.